The fourth-order valence-corrected chi connectivity index (χ4v) is 5.59. The Morgan fingerprint density at radius 2 is 0.406 bits per heavy atom. The molecule has 6 N–H and O–H groups in total. The Kier molecular flexibility index (Phi) is 41.6. The van der Waals surface area contributed by atoms with Crippen LogP contribution in [0.25, 0.3) is 0 Å². The highest BCUT2D eigenvalue weighted by Gasteiger charge is 2.22. The number of nitrogens with zero attached hydrogens (tertiary/aromatic N) is 6. The molecule has 1 aromatic rings. The lowest BCUT2D eigenvalue weighted by molar-refractivity contribution is 0.00856. The van der Waals surface area contributed by atoms with Crippen molar-refractivity contribution < 1.29 is 87.5 Å². The van der Waals surface area contributed by atoms with Crippen LogP contribution in [0.4, 0.5) is 17.8 Å². The smallest absolute Gasteiger partial charge is 0.232 e. The number of ether oxygens (including phenoxy) is 12. The summed E-state index contributed by atoms with van der Waals surface area (Å²) in [6.07, 6.45) is -3.53. The third-order valence-corrected chi connectivity index (χ3v) is 8.87. The van der Waals surface area contributed by atoms with Crippen LogP contribution < -0.4 is 14.7 Å². The Bertz CT molecular complexity index is 1060. The van der Waals surface area contributed by atoms with Crippen molar-refractivity contribution in [2.45, 2.75) is 78.2 Å². The predicted octanol–water partition coefficient (Wildman–Crippen LogP) is -1.23. The van der Waals surface area contributed by atoms with Gasteiger partial charge in [0.2, 0.25) is 17.8 Å². The summed E-state index contributed by atoms with van der Waals surface area (Å²) in [4.78, 5) is 20.9. The Balaban J connectivity index is 3.60. The predicted molar refractivity (Wildman–Crippen MR) is 256 cm³/mol. The second-order valence-corrected chi connectivity index (χ2v) is 16.4. The first-order chi connectivity index (χ1) is 33.3. The second-order valence-electron chi connectivity index (χ2n) is 16.4. The van der Waals surface area contributed by atoms with E-state index in [4.69, 9.17) is 71.8 Å². The summed E-state index contributed by atoms with van der Waals surface area (Å²) >= 11 is 0. The van der Waals surface area contributed by atoms with Crippen LogP contribution in [0.15, 0.2) is 0 Å². The number of hydrogen-bond donors (Lipinski definition) is 6. The number of rotatable bonds is 51. The largest absolute Gasteiger partial charge is 0.391 e. The van der Waals surface area contributed by atoms with Crippen molar-refractivity contribution in [1.29, 1.82) is 0 Å². The van der Waals surface area contributed by atoms with Crippen LogP contribution in [0.5, 0.6) is 0 Å². The molecule has 0 saturated carbocycles. The van der Waals surface area contributed by atoms with E-state index in [1.807, 2.05) is 14.7 Å². The monoisotopic (exact) mass is 1000 g/mol. The molecule has 0 fully saturated rings. The van der Waals surface area contributed by atoms with Gasteiger partial charge in [-0.25, -0.2) is 0 Å². The Morgan fingerprint density at radius 1 is 0.261 bits per heavy atom. The third kappa shape index (κ3) is 39.9. The van der Waals surface area contributed by atoms with E-state index in [0.717, 1.165) is 0 Å². The number of hydrogen-bond acceptors (Lipinski definition) is 24. The van der Waals surface area contributed by atoms with Gasteiger partial charge in [0.15, 0.2) is 0 Å². The molecule has 1 rings (SSSR count). The third-order valence-electron chi connectivity index (χ3n) is 8.87. The van der Waals surface area contributed by atoms with Crippen molar-refractivity contribution in [3.05, 3.63) is 0 Å². The number of aromatic nitrogens is 3. The lowest BCUT2D eigenvalue weighted by atomic mass is 10.4. The van der Waals surface area contributed by atoms with E-state index in [1.165, 1.54) is 0 Å². The summed E-state index contributed by atoms with van der Waals surface area (Å²) in [5.41, 5.74) is 0. The van der Waals surface area contributed by atoms with Gasteiger partial charge in [-0.1, -0.05) is 0 Å². The van der Waals surface area contributed by atoms with E-state index >= 15 is 0 Å². The van der Waals surface area contributed by atoms with Gasteiger partial charge in [0.25, 0.3) is 0 Å². The molecule has 69 heavy (non-hydrogen) atoms. The second kappa shape index (κ2) is 44.4. The van der Waals surface area contributed by atoms with Gasteiger partial charge in [0, 0.05) is 39.3 Å². The molecule has 0 bridgehead atoms. The molecule has 0 saturated heterocycles. The molecular formula is C45H90N6O18. The molecule has 24 heteroatoms. The normalized spacial score (nSPS) is 14.4. The first-order valence-electron chi connectivity index (χ1n) is 24.3. The minimum absolute atomic E-state index is 0.199. The van der Waals surface area contributed by atoms with Gasteiger partial charge in [-0.15, -0.1) is 0 Å². The number of aliphatic hydroxyl groups is 6. The van der Waals surface area contributed by atoms with E-state index in [0.29, 0.717) is 136 Å². The quantitative estimate of drug-likeness (QED) is 0.0417. The maximum atomic E-state index is 9.58. The fraction of sp³-hybridized carbons (Fsp3) is 0.933. The molecule has 0 aliphatic heterocycles. The maximum absolute atomic E-state index is 9.58. The van der Waals surface area contributed by atoms with Crippen LogP contribution in [-0.2, 0) is 56.8 Å². The van der Waals surface area contributed by atoms with Crippen LogP contribution in [0, 0.1) is 0 Å². The van der Waals surface area contributed by atoms with Crippen LogP contribution >= 0.6 is 0 Å². The molecule has 0 spiro atoms. The minimum Gasteiger partial charge on any atom is -0.391 e. The molecular weight excluding hydrogens is 913 g/mol. The summed E-state index contributed by atoms with van der Waals surface area (Å²) in [7, 11) is 0. The van der Waals surface area contributed by atoms with Crippen LogP contribution in [-0.4, -0.2) is 280 Å². The summed E-state index contributed by atoms with van der Waals surface area (Å²) in [5.74, 6) is 1.02. The molecule has 6 atom stereocenters. The van der Waals surface area contributed by atoms with Crippen molar-refractivity contribution in [3.63, 3.8) is 0 Å². The van der Waals surface area contributed by atoms with Crippen molar-refractivity contribution in [3.8, 4) is 0 Å². The molecule has 1 heterocycles. The number of anilines is 3. The lowest BCUT2D eigenvalue weighted by Crippen LogP contribution is -2.38. The zero-order chi connectivity index (χ0) is 50.7. The Morgan fingerprint density at radius 3 is 0.551 bits per heavy atom. The summed E-state index contributed by atoms with van der Waals surface area (Å²) < 4.78 is 68.6. The van der Waals surface area contributed by atoms with E-state index in [-0.39, 0.29) is 79.3 Å². The van der Waals surface area contributed by atoms with Crippen molar-refractivity contribution in [2.24, 2.45) is 0 Å². The van der Waals surface area contributed by atoms with Gasteiger partial charge in [0.1, 0.15) is 0 Å². The highest BCUT2D eigenvalue weighted by molar-refractivity contribution is 5.47. The van der Waals surface area contributed by atoms with E-state index in [9.17, 15) is 30.6 Å². The highest BCUT2D eigenvalue weighted by Crippen LogP contribution is 2.20. The highest BCUT2D eigenvalue weighted by atomic mass is 16.6. The molecule has 24 nitrogen and oxygen atoms in total. The first-order valence-corrected chi connectivity index (χ1v) is 24.3. The van der Waals surface area contributed by atoms with E-state index < -0.39 is 36.6 Å². The zero-order valence-electron chi connectivity index (χ0n) is 42.4. The van der Waals surface area contributed by atoms with Gasteiger partial charge >= 0.3 is 0 Å². The topological polar surface area (TPSA) is 281 Å². The first kappa shape index (κ1) is 64.7. The van der Waals surface area contributed by atoms with Crippen LogP contribution in [0.1, 0.15) is 41.5 Å². The van der Waals surface area contributed by atoms with Gasteiger partial charge in [-0.2, -0.15) is 15.0 Å². The van der Waals surface area contributed by atoms with E-state index in [1.54, 1.807) is 41.5 Å². The molecule has 0 aliphatic carbocycles. The van der Waals surface area contributed by atoms with Gasteiger partial charge in [-0.05, 0) is 41.5 Å². The van der Waals surface area contributed by atoms with E-state index in [2.05, 4.69) is 0 Å². The average molecular weight is 1000 g/mol. The van der Waals surface area contributed by atoms with Crippen LogP contribution in [0.3, 0.4) is 0 Å². The van der Waals surface area contributed by atoms with Gasteiger partial charge in [-0.3, -0.25) is 0 Å². The molecule has 1 aromatic heterocycles. The fourth-order valence-electron chi connectivity index (χ4n) is 5.59. The lowest BCUT2D eigenvalue weighted by Gasteiger charge is -2.29. The molecule has 408 valence electrons. The maximum Gasteiger partial charge on any atom is 0.232 e. The standard InChI is InChI=1S/C45H90N6O18/c1-37(52)31-64-25-19-58-13-7-49(8-14-59-20-26-65-32-38(2)53)43-46-44(50(9-15-60-21-27-66-33-39(3)54)10-16-61-22-28-67-34-40(4)55)48-45(47-43)51(11-17-62-23-29-68-35-41(5)56)12-18-63-24-30-69-36-42(6)57/h37-42,52-57H,7-36H2,1-6H3. The molecule has 6 unspecified atom stereocenters. The SMILES string of the molecule is CC(O)COCCOCCN(CCOCCOCC(C)O)c1nc(N(CCOCCOCC(C)O)CCOCCOCC(C)O)nc(N(CCOCCOCC(C)O)CCOCCOCC(C)O)n1. The Labute approximate surface area is 410 Å². The summed E-state index contributed by atoms with van der Waals surface area (Å²) in [5, 5.41) is 57.5. The average Bonchev–Trinajstić information content (AvgIpc) is 3.29. The molecule has 0 amide bonds. The molecule has 0 aliphatic rings. The van der Waals surface area contributed by atoms with Crippen molar-refractivity contribution in [1.82, 2.24) is 15.0 Å². The van der Waals surface area contributed by atoms with Crippen molar-refractivity contribution >= 4 is 17.8 Å². The summed E-state index contributed by atoms with van der Waals surface area (Å²) in [6.45, 7) is 18.6. The zero-order valence-corrected chi connectivity index (χ0v) is 42.4. The van der Waals surface area contributed by atoms with Gasteiger partial charge in [0.05, 0.1) is 195 Å². The number of aliphatic hydroxyl groups excluding tert-OH is 6. The molecule has 0 aromatic carbocycles. The molecule has 0 radical (unpaired) electrons. The van der Waals surface area contributed by atoms with Crippen molar-refractivity contribution in [2.75, 3.05) is 213 Å². The summed E-state index contributed by atoms with van der Waals surface area (Å²) in [6, 6.07) is 0. The van der Waals surface area contributed by atoms with Gasteiger partial charge < -0.3 is 102 Å². The van der Waals surface area contributed by atoms with Crippen LogP contribution in [0.2, 0.25) is 0 Å². The minimum atomic E-state index is -0.588. The Hall–Kier alpha value is -2.31.